The van der Waals surface area contributed by atoms with E-state index in [2.05, 4.69) is 21.2 Å². The van der Waals surface area contributed by atoms with Crippen LogP contribution < -0.4 is 5.23 Å². The molecule has 0 spiro atoms. The van der Waals surface area contributed by atoms with Crippen LogP contribution in [-0.2, 0) is 6.54 Å². The lowest BCUT2D eigenvalue weighted by Gasteiger charge is -2.05. The molecule has 0 saturated carbocycles. The molecular formula is C8H11BBrNO. The number of hydrogen-bond acceptors (Lipinski definition) is 2. The zero-order chi connectivity index (χ0) is 8.97. The summed E-state index contributed by atoms with van der Waals surface area (Å²) < 4.78 is 1.07. The topological polar surface area (TPSA) is 32.3 Å². The molecule has 0 saturated heterocycles. The van der Waals surface area contributed by atoms with Crippen molar-refractivity contribution in [1.82, 2.24) is 5.23 Å². The van der Waals surface area contributed by atoms with Crippen molar-refractivity contribution < 1.29 is 5.02 Å². The van der Waals surface area contributed by atoms with Gasteiger partial charge in [-0.25, -0.2) is 0 Å². The highest BCUT2D eigenvalue weighted by molar-refractivity contribution is 9.10. The lowest BCUT2D eigenvalue weighted by molar-refractivity contribution is 0.554. The summed E-state index contributed by atoms with van der Waals surface area (Å²) in [5.74, 6) is 0. The van der Waals surface area contributed by atoms with E-state index in [1.165, 1.54) is 0 Å². The lowest BCUT2D eigenvalue weighted by Crippen LogP contribution is -2.29. The maximum absolute atomic E-state index is 8.98. The van der Waals surface area contributed by atoms with Gasteiger partial charge >= 0.3 is 7.05 Å². The van der Waals surface area contributed by atoms with Crippen LogP contribution in [0, 0.1) is 0 Å². The Morgan fingerprint density at radius 1 is 1.50 bits per heavy atom. The fraction of sp³-hybridized carbons (Fsp3) is 0.250. The highest BCUT2D eigenvalue weighted by Crippen LogP contribution is 2.15. The third kappa shape index (κ3) is 2.97. The maximum atomic E-state index is 8.98. The molecule has 4 heteroatoms. The largest absolute Gasteiger partial charge is 0.437 e. The fourth-order valence-corrected chi connectivity index (χ4v) is 1.32. The Morgan fingerprint density at radius 2 is 2.17 bits per heavy atom. The molecule has 0 aliphatic heterocycles. The van der Waals surface area contributed by atoms with E-state index in [0.29, 0.717) is 6.54 Å². The zero-order valence-corrected chi connectivity index (χ0v) is 8.51. The first kappa shape index (κ1) is 9.77. The van der Waals surface area contributed by atoms with Crippen LogP contribution in [0.5, 0.6) is 0 Å². The van der Waals surface area contributed by atoms with Crippen LogP contribution >= 0.6 is 15.9 Å². The van der Waals surface area contributed by atoms with Crippen molar-refractivity contribution in [2.45, 2.75) is 13.4 Å². The molecule has 1 aromatic rings. The Bertz CT molecular complexity index is 255. The standard InChI is InChI=1S/C8H11BBrNO/c1-9(12)11-6-7-4-2-3-5-8(7)10/h2-5,11-12H,6H2,1H3. The Morgan fingerprint density at radius 3 is 2.75 bits per heavy atom. The first-order chi connectivity index (χ1) is 5.70. The number of nitrogens with one attached hydrogen (secondary N) is 1. The van der Waals surface area contributed by atoms with Gasteiger partial charge in [0, 0.05) is 11.0 Å². The molecule has 2 N–H and O–H groups in total. The fourth-order valence-electron chi connectivity index (χ4n) is 0.899. The van der Waals surface area contributed by atoms with Gasteiger partial charge in [-0.3, -0.25) is 0 Å². The minimum Gasteiger partial charge on any atom is -0.437 e. The van der Waals surface area contributed by atoms with Crippen LogP contribution in [0.1, 0.15) is 5.56 Å². The summed E-state index contributed by atoms with van der Waals surface area (Å²) >= 11 is 3.42. The number of hydrogen-bond donors (Lipinski definition) is 2. The summed E-state index contributed by atoms with van der Waals surface area (Å²) in [7, 11) is -0.461. The lowest BCUT2D eigenvalue weighted by atomic mass is 9.88. The van der Waals surface area contributed by atoms with Gasteiger partial charge in [0.2, 0.25) is 0 Å². The van der Waals surface area contributed by atoms with Crippen LogP contribution in [0.4, 0.5) is 0 Å². The summed E-state index contributed by atoms with van der Waals surface area (Å²) in [6.45, 7) is 2.38. The normalized spacial score (nSPS) is 9.92. The van der Waals surface area contributed by atoms with Crippen molar-refractivity contribution in [2.75, 3.05) is 0 Å². The molecule has 0 atom stereocenters. The van der Waals surface area contributed by atoms with Crippen molar-refractivity contribution in [3.63, 3.8) is 0 Å². The molecule has 0 fully saturated rings. The molecular weight excluding hydrogens is 217 g/mol. The molecule has 0 bridgehead atoms. The first-order valence-corrected chi connectivity index (χ1v) is 4.64. The van der Waals surface area contributed by atoms with Crippen LogP contribution in [0.25, 0.3) is 0 Å². The summed E-state index contributed by atoms with van der Waals surface area (Å²) in [4.78, 5) is 0. The van der Waals surface area contributed by atoms with Crippen LogP contribution in [-0.4, -0.2) is 12.1 Å². The van der Waals surface area contributed by atoms with Crippen LogP contribution in [0.3, 0.4) is 0 Å². The quantitative estimate of drug-likeness (QED) is 0.770. The van der Waals surface area contributed by atoms with Crippen molar-refractivity contribution in [3.05, 3.63) is 34.3 Å². The summed E-state index contributed by atoms with van der Waals surface area (Å²) in [5, 5.41) is 11.9. The van der Waals surface area contributed by atoms with Gasteiger partial charge in [0.1, 0.15) is 0 Å². The predicted octanol–water partition coefficient (Wildman–Crippen LogP) is 1.65. The number of halogens is 1. The second kappa shape index (κ2) is 4.65. The van der Waals surface area contributed by atoms with Gasteiger partial charge in [0.25, 0.3) is 0 Å². The summed E-state index contributed by atoms with van der Waals surface area (Å²) in [5.41, 5.74) is 1.15. The molecule has 12 heavy (non-hydrogen) atoms. The van der Waals surface area contributed by atoms with Gasteiger partial charge in [-0.1, -0.05) is 34.1 Å². The molecule has 0 aliphatic carbocycles. The van der Waals surface area contributed by atoms with Gasteiger partial charge in [0.15, 0.2) is 0 Å². The Labute approximate surface area is 81.3 Å². The smallest absolute Gasteiger partial charge is 0.373 e. The molecule has 1 rings (SSSR count). The van der Waals surface area contributed by atoms with Crippen molar-refractivity contribution in [2.24, 2.45) is 0 Å². The van der Waals surface area contributed by atoms with Crippen LogP contribution in [0.2, 0.25) is 6.82 Å². The minimum atomic E-state index is -0.461. The third-order valence-corrected chi connectivity index (χ3v) is 2.32. The molecule has 0 heterocycles. The van der Waals surface area contributed by atoms with Crippen molar-refractivity contribution in [3.8, 4) is 0 Å². The molecule has 0 aliphatic rings. The summed E-state index contributed by atoms with van der Waals surface area (Å²) in [6, 6.07) is 7.94. The van der Waals surface area contributed by atoms with E-state index < -0.39 is 7.05 Å². The van der Waals surface area contributed by atoms with Gasteiger partial charge in [0.05, 0.1) is 0 Å². The van der Waals surface area contributed by atoms with Crippen molar-refractivity contribution >= 4 is 23.0 Å². The van der Waals surface area contributed by atoms with E-state index in [0.717, 1.165) is 10.0 Å². The second-order valence-corrected chi connectivity index (χ2v) is 3.50. The Hall–Kier alpha value is -0.315. The molecule has 1 aromatic carbocycles. The highest BCUT2D eigenvalue weighted by atomic mass is 79.9. The highest BCUT2D eigenvalue weighted by Gasteiger charge is 2.02. The maximum Gasteiger partial charge on any atom is 0.373 e. The van der Waals surface area contributed by atoms with Crippen molar-refractivity contribution in [1.29, 1.82) is 0 Å². The van der Waals surface area contributed by atoms with E-state index in [4.69, 9.17) is 5.02 Å². The average Bonchev–Trinajstić information content (AvgIpc) is 2.03. The van der Waals surface area contributed by atoms with Gasteiger partial charge in [-0.05, 0) is 18.5 Å². The van der Waals surface area contributed by atoms with Gasteiger partial charge in [-0.15, -0.1) is 0 Å². The Balaban J connectivity index is 2.57. The minimum absolute atomic E-state index is 0.461. The predicted molar refractivity (Wildman–Crippen MR) is 54.8 cm³/mol. The molecule has 0 unspecified atom stereocenters. The molecule has 0 radical (unpaired) electrons. The average molecular weight is 228 g/mol. The van der Waals surface area contributed by atoms with E-state index >= 15 is 0 Å². The molecule has 2 nitrogen and oxygen atoms in total. The zero-order valence-electron chi connectivity index (χ0n) is 6.92. The van der Waals surface area contributed by atoms with E-state index in [1.54, 1.807) is 6.82 Å². The van der Waals surface area contributed by atoms with Gasteiger partial charge in [-0.2, -0.15) is 0 Å². The second-order valence-electron chi connectivity index (χ2n) is 2.65. The van der Waals surface area contributed by atoms with E-state index in [9.17, 15) is 0 Å². The van der Waals surface area contributed by atoms with Crippen LogP contribution in [0.15, 0.2) is 28.7 Å². The third-order valence-electron chi connectivity index (χ3n) is 1.55. The molecule has 0 aromatic heterocycles. The number of rotatable bonds is 3. The van der Waals surface area contributed by atoms with Gasteiger partial charge < -0.3 is 10.3 Å². The van der Waals surface area contributed by atoms with E-state index in [-0.39, 0.29) is 0 Å². The SMILES string of the molecule is CB(O)NCc1ccccc1Br. The van der Waals surface area contributed by atoms with E-state index in [1.807, 2.05) is 24.3 Å². The molecule has 64 valence electrons. The summed E-state index contributed by atoms with van der Waals surface area (Å²) in [6.07, 6.45) is 0. The molecule has 0 amide bonds. The Kier molecular flexibility index (Phi) is 3.78. The number of benzene rings is 1. The first-order valence-electron chi connectivity index (χ1n) is 3.85. The monoisotopic (exact) mass is 227 g/mol.